The van der Waals surface area contributed by atoms with Crippen LogP contribution in [0.5, 0.6) is 5.75 Å². The second-order valence-electron chi connectivity index (χ2n) is 4.88. The lowest BCUT2D eigenvalue weighted by atomic mass is 10.0. The van der Waals surface area contributed by atoms with Gasteiger partial charge in [-0.15, -0.1) is 0 Å². The van der Waals surface area contributed by atoms with Crippen molar-refractivity contribution in [2.75, 3.05) is 26.1 Å². The molecule has 0 aliphatic heterocycles. The van der Waals surface area contributed by atoms with Gasteiger partial charge in [0.15, 0.2) is 0 Å². The first-order valence-corrected chi connectivity index (χ1v) is 7.13. The van der Waals surface area contributed by atoms with E-state index in [-0.39, 0.29) is 11.5 Å². The first kappa shape index (κ1) is 18.0. The Morgan fingerprint density at radius 3 is 2.41 bits per heavy atom. The standard InChI is InChI=1S/C16H23NO5/c1-6-16(3,22-7-2)15(19)17-11-8-9-13(20-4)12(10-11)14(18)21-5/h8-10H,6-7H2,1-5H3,(H,17,19). The molecule has 0 spiro atoms. The minimum absolute atomic E-state index is 0.248. The van der Waals surface area contributed by atoms with Gasteiger partial charge in [-0.25, -0.2) is 4.79 Å². The van der Waals surface area contributed by atoms with Gasteiger partial charge in [-0.2, -0.15) is 0 Å². The third-order valence-corrected chi connectivity index (χ3v) is 3.48. The fourth-order valence-electron chi connectivity index (χ4n) is 1.97. The molecule has 1 aromatic carbocycles. The lowest BCUT2D eigenvalue weighted by molar-refractivity contribution is -0.139. The van der Waals surface area contributed by atoms with E-state index in [4.69, 9.17) is 14.2 Å². The van der Waals surface area contributed by atoms with Crippen molar-refractivity contribution >= 4 is 17.6 Å². The number of methoxy groups -OCH3 is 2. The predicted molar refractivity (Wildman–Crippen MR) is 83.3 cm³/mol. The van der Waals surface area contributed by atoms with E-state index < -0.39 is 11.6 Å². The Kier molecular flexibility index (Phi) is 6.37. The predicted octanol–water partition coefficient (Wildman–Crippen LogP) is 2.63. The zero-order chi connectivity index (χ0) is 16.8. The molecule has 22 heavy (non-hydrogen) atoms. The Hall–Kier alpha value is -2.08. The number of anilines is 1. The molecule has 1 atom stereocenters. The molecule has 0 bridgehead atoms. The van der Waals surface area contributed by atoms with Gasteiger partial charge in [0.05, 0.1) is 14.2 Å². The van der Waals surface area contributed by atoms with Crippen molar-refractivity contribution in [2.45, 2.75) is 32.8 Å². The summed E-state index contributed by atoms with van der Waals surface area (Å²) in [5.74, 6) is -0.415. The topological polar surface area (TPSA) is 73.9 Å². The molecule has 0 aliphatic carbocycles. The Morgan fingerprint density at radius 1 is 1.23 bits per heavy atom. The van der Waals surface area contributed by atoms with Crippen molar-refractivity contribution in [1.82, 2.24) is 0 Å². The maximum atomic E-state index is 12.4. The van der Waals surface area contributed by atoms with Gasteiger partial charge in [-0.1, -0.05) is 6.92 Å². The van der Waals surface area contributed by atoms with E-state index in [1.165, 1.54) is 20.3 Å². The van der Waals surface area contributed by atoms with Crippen LogP contribution in [0.2, 0.25) is 0 Å². The molecular formula is C16H23NO5. The fraction of sp³-hybridized carbons (Fsp3) is 0.500. The van der Waals surface area contributed by atoms with Crippen molar-refractivity contribution in [3.8, 4) is 5.75 Å². The maximum Gasteiger partial charge on any atom is 0.341 e. The molecule has 1 N–H and O–H groups in total. The van der Waals surface area contributed by atoms with Gasteiger partial charge in [0, 0.05) is 12.3 Å². The monoisotopic (exact) mass is 309 g/mol. The number of esters is 1. The van der Waals surface area contributed by atoms with E-state index in [0.29, 0.717) is 24.5 Å². The van der Waals surface area contributed by atoms with Crippen LogP contribution >= 0.6 is 0 Å². The van der Waals surface area contributed by atoms with Crippen LogP contribution in [-0.4, -0.2) is 38.3 Å². The number of amides is 1. The number of rotatable bonds is 7. The molecule has 0 saturated heterocycles. The number of carbonyl (C=O) groups excluding carboxylic acids is 2. The van der Waals surface area contributed by atoms with E-state index in [1.54, 1.807) is 19.1 Å². The van der Waals surface area contributed by atoms with Crippen LogP contribution in [0.4, 0.5) is 5.69 Å². The number of nitrogens with one attached hydrogen (secondary N) is 1. The van der Waals surface area contributed by atoms with Crippen LogP contribution in [-0.2, 0) is 14.3 Å². The average Bonchev–Trinajstić information content (AvgIpc) is 2.53. The number of hydrogen-bond acceptors (Lipinski definition) is 5. The molecule has 0 aromatic heterocycles. The Balaban J connectivity index is 3.03. The Morgan fingerprint density at radius 2 is 1.91 bits per heavy atom. The largest absolute Gasteiger partial charge is 0.496 e. The van der Waals surface area contributed by atoms with Crippen molar-refractivity contribution in [2.24, 2.45) is 0 Å². The van der Waals surface area contributed by atoms with E-state index in [9.17, 15) is 9.59 Å². The van der Waals surface area contributed by atoms with E-state index in [2.05, 4.69) is 5.32 Å². The first-order valence-electron chi connectivity index (χ1n) is 7.13. The third kappa shape index (κ3) is 3.98. The quantitative estimate of drug-likeness (QED) is 0.784. The van der Waals surface area contributed by atoms with Gasteiger partial charge in [0.2, 0.25) is 0 Å². The summed E-state index contributed by atoms with van der Waals surface area (Å²) in [6.45, 7) is 5.89. The van der Waals surface area contributed by atoms with Crippen molar-refractivity contribution in [3.05, 3.63) is 23.8 Å². The minimum Gasteiger partial charge on any atom is -0.496 e. The summed E-state index contributed by atoms with van der Waals surface area (Å²) < 4.78 is 15.4. The first-order chi connectivity index (χ1) is 10.4. The summed E-state index contributed by atoms with van der Waals surface area (Å²) in [5, 5.41) is 2.76. The van der Waals surface area contributed by atoms with E-state index in [0.717, 1.165) is 0 Å². The Labute approximate surface area is 130 Å². The normalized spacial score (nSPS) is 13.1. The maximum absolute atomic E-state index is 12.4. The van der Waals surface area contributed by atoms with Crippen LogP contribution < -0.4 is 10.1 Å². The molecule has 6 nitrogen and oxygen atoms in total. The summed E-state index contributed by atoms with van der Waals surface area (Å²) in [5.41, 5.74) is -0.192. The lowest BCUT2D eigenvalue weighted by Gasteiger charge is -2.26. The van der Waals surface area contributed by atoms with Gasteiger partial charge in [-0.3, -0.25) is 4.79 Å². The highest BCUT2D eigenvalue weighted by molar-refractivity contribution is 5.99. The average molecular weight is 309 g/mol. The van der Waals surface area contributed by atoms with E-state index in [1.807, 2.05) is 13.8 Å². The lowest BCUT2D eigenvalue weighted by Crippen LogP contribution is -2.42. The van der Waals surface area contributed by atoms with E-state index >= 15 is 0 Å². The molecule has 1 amide bonds. The van der Waals surface area contributed by atoms with Crippen molar-refractivity contribution in [1.29, 1.82) is 0 Å². The SMILES string of the molecule is CCOC(C)(CC)C(=O)Nc1ccc(OC)c(C(=O)OC)c1. The Bertz CT molecular complexity index is 543. The number of benzene rings is 1. The molecular weight excluding hydrogens is 286 g/mol. The summed E-state index contributed by atoms with van der Waals surface area (Å²) in [4.78, 5) is 24.1. The molecule has 1 rings (SSSR count). The zero-order valence-electron chi connectivity index (χ0n) is 13.7. The second-order valence-corrected chi connectivity index (χ2v) is 4.88. The molecule has 0 heterocycles. The fourth-order valence-corrected chi connectivity index (χ4v) is 1.97. The number of ether oxygens (including phenoxy) is 3. The molecule has 1 aromatic rings. The molecule has 0 saturated carbocycles. The zero-order valence-corrected chi connectivity index (χ0v) is 13.7. The molecule has 0 aliphatic rings. The molecule has 122 valence electrons. The highest BCUT2D eigenvalue weighted by atomic mass is 16.5. The van der Waals surface area contributed by atoms with Crippen LogP contribution in [0.15, 0.2) is 18.2 Å². The summed E-state index contributed by atoms with van der Waals surface area (Å²) in [6, 6.07) is 4.78. The number of carbonyl (C=O) groups is 2. The van der Waals surface area contributed by atoms with Gasteiger partial charge in [0.1, 0.15) is 16.9 Å². The summed E-state index contributed by atoms with van der Waals surface area (Å²) >= 11 is 0. The summed E-state index contributed by atoms with van der Waals surface area (Å²) in [7, 11) is 2.75. The smallest absolute Gasteiger partial charge is 0.341 e. The summed E-state index contributed by atoms with van der Waals surface area (Å²) in [6.07, 6.45) is 0.534. The van der Waals surface area contributed by atoms with Gasteiger partial charge in [0.25, 0.3) is 5.91 Å². The third-order valence-electron chi connectivity index (χ3n) is 3.48. The highest BCUT2D eigenvalue weighted by Gasteiger charge is 2.32. The second kappa shape index (κ2) is 7.79. The van der Waals surface area contributed by atoms with Crippen LogP contribution in [0, 0.1) is 0 Å². The minimum atomic E-state index is -0.917. The van der Waals surface area contributed by atoms with Crippen LogP contribution in [0.1, 0.15) is 37.6 Å². The van der Waals surface area contributed by atoms with Crippen LogP contribution in [0.3, 0.4) is 0 Å². The van der Waals surface area contributed by atoms with Gasteiger partial charge in [-0.05, 0) is 38.5 Å². The molecule has 0 fully saturated rings. The van der Waals surface area contributed by atoms with Gasteiger partial charge < -0.3 is 19.5 Å². The molecule has 6 heteroatoms. The van der Waals surface area contributed by atoms with Crippen molar-refractivity contribution in [3.63, 3.8) is 0 Å². The van der Waals surface area contributed by atoms with Crippen LogP contribution in [0.25, 0.3) is 0 Å². The van der Waals surface area contributed by atoms with Gasteiger partial charge >= 0.3 is 5.97 Å². The number of hydrogen-bond donors (Lipinski definition) is 1. The molecule has 0 radical (unpaired) electrons. The van der Waals surface area contributed by atoms with Crippen molar-refractivity contribution < 1.29 is 23.8 Å². The highest BCUT2D eigenvalue weighted by Crippen LogP contribution is 2.25. The molecule has 1 unspecified atom stereocenters.